The molecule has 2 N–H and O–H groups in total. The van der Waals surface area contributed by atoms with Gasteiger partial charge < -0.3 is 15.4 Å². The van der Waals surface area contributed by atoms with E-state index in [0.29, 0.717) is 12.1 Å². The molecule has 0 aromatic rings. The molecule has 1 amide bonds. The van der Waals surface area contributed by atoms with Crippen LogP contribution in [0.15, 0.2) is 10.6 Å². The molecule has 0 aromatic carbocycles. The van der Waals surface area contributed by atoms with Gasteiger partial charge in [-0.05, 0) is 13.8 Å². The van der Waals surface area contributed by atoms with E-state index in [0.717, 1.165) is 11.6 Å². The van der Waals surface area contributed by atoms with Crippen molar-refractivity contribution < 1.29 is 14.3 Å². The quantitative estimate of drug-likeness (QED) is 0.785. The SMILES string of the molecule is CC(C)OC(=O)C1=C2SC(C(N)=O)CN2CC1(C)C. The molecule has 6 heteroatoms. The van der Waals surface area contributed by atoms with Gasteiger partial charge in [-0.15, -0.1) is 0 Å². The summed E-state index contributed by atoms with van der Waals surface area (Å²) < 4.78 is 5.32. The summed E-state index contributed by atoms with van der Waals surface area (Å²) in [5, 5.41) is 0.590. The molecular weight excluding hydrogens is 264 g/mol. The van der Waals surface area contributed by atoms with Gasteiger partial charge in [0.2, 0.25) is 5.91 Å². The van der Waals surface area contributed by atoms with Gasteiger partial charge in [-0.25, -0.2) is 4.79 Å². The largest absolute Gasteiger partial charge is 0.460 e. The Morgan fingerprint density at radius 1 is 1.47 bits per heavy atom. The normalized spacial score (nSPS) is 24.9. The highest BCUT2D eigenvalue weighted by Gasteiger charge is 2.47. The molecule has 0 bridgehead atoms. The summed E-state index contributed by atoms with van der Waals surface area (Å²) in [5.74, 6) is -0.614. The van der Waals surface area contributed by atoms with Crippen LogP contribution in [0.5, 0.6) is 0 Å². The van der Waals surface area contributed by atoms with Crippen LogP contribution in [0.2, 0.25) is 0 Å². The fourth-order valence-electron chi connectivity index (χ4n) is 2.51. The van der Waals surface area contributed by atoms with Gasteiger partial charge in [0.15, 0.2) is 0 Å². The van der Waals surface area contributed by atoms with Crippen molar-refractivity contribution in [3.63, 3.8) is 0 Å². The Morgan fingerprint density at radius 2 is 2.11 bits per heavy atom. The van der Waals surface area contributed by atoms with Crippen LogP contribution in [-0.2, 0) is 14.3 Å². The highest BCUT2D eigenvalue weighted by molar-refractivity contribution is 8.04. The first kappa shape index (κ1) is 14.2. The van der Waals surface area contributed by atoms with E-state index in [1.807, 2.05) is 27.7 Å². The molecule has 5 nitrogen and oxygen atoms in total. The minimum atomic E-state index is -0.332. The Labute approximate surface area is 117 Å². The first-order chi connectivity index (χ1) is 8.72. The molecule has 0 spiro atoms. The van der Waals surface area contributed by atoms with Crippen molar-refractivity contribution in [2.45, 2.75) is 39.0 Å². The van der Waals surface area contributed by atoms with E-state index in [9.17, 15) is 9.59 Å². The summed E-state index contributed by atoms with van der Waals surface area (Å²) in [5.41, 5.74) is 5.77. The molecule has 0 aromatic heterocycles. The van der Waals surface area contributed by atoms with E-state index in [2.05, 4.69) is 4.90 Å². The Balaban J connectivity index is 2.31. The van der Waals surface area contributed by atoms with E-state index in [1.54, 1.807) is 0 Å². The lowest BCUT2D eigenvalue weighted by molar-refractivity contribution is -0.143. The van der Waals surface area contributed by atoms with E-state index < -0.39 is 0 Å². The summed E-state index contributed by atoms with van der Waals surface area (Å²) in [6, 6.07) is 0. The predicted octanol–water partition coefficient (Wildman–Crippen LogP) is 1.09. The molecule has 0 aliphatic carbocycles. The fourth-order valence-corrected chi connectivity index (χ4v) is 3.92. The number of fused-ring (bicyclic) bond motifs is 1. The van der Waals surface area contributed by atoms with Crippen LogP contribution in [0.4, 0.5) is 0 Å². The average molecular weight is 284 g/mol. The van der Waals surface area contributed by atoms with Gasteiger partial charge in [0.1, 0.15) is 5.25 Å². The van der Waals surface area contributed by atoms with Gasteiger partial charge >= 0.3 is 5.97 Å². The van der Waals surface area contributed by atoms with Gasteiger partial charge in [-0.2, -0.15) is 0 Å². The standard InChI is InChI=1S/C13H20N2O3S/c1-7(2)18-12(17)9-11-15(6-13(9,3)4)5-8(19-11)10(14)16/h7-8H,5-6H2,1-4H3,(H2,14,16). The lowest BCUT2D eigenvalue weighted by atomic mass is 9.87. The minimum absolute atomic E-state index is 0.149. The Kier molecular flexibility index (Phi) is 3.55. The Morgan fingerprint density at radius 3 is 2.63 bits per heavy atom. The molecule has 2 aliphatic heterocycles. The second-order valence-electron chi connectivity index (χ2n) is 5.91. The molecule has 1 unspecified atom stereocenters. The summed E-state index contributed by atoms with van der Waals surface area (Å²) in [4.78, 5) is 25.6. The van der Waals surface area contributed by atoms with Crippen LogP contribution in [0.3, 0.4) is 0 Å². The number of hydrogen-bond acceptors (Lipinski definition) is 5. The van der Waals surface area contributed by atoms with E-state index >= 15 is 0 Å². The molecule has 2 heterocycles. The highest BCUT2D eigenvalue weighted by atomic mass is 32.2. The zero-order chi connectivity index (χ0) is 14.4. The fraction of sp³-hybridized carbons (Fsp3) is 0.692. The maximum Gasteiger partial charge on any atom is 0.337 e. The number of thioether (sulfide) groups is 1. The van der Waals surface area contributed by atoms with Crippen molar-refractivity contribution >= 4 is 23.6 Å². The predicted molar refractivity (Wildman–Crippen MR) is 74.2 cm³/mol. The Bertz CT molecular complexity index is 457. The van der Waals surface area contributed by atoms with Crippen LogP contribution in [-0.4, -0.2) is 41.2 Å². The third kappa shape index (κ3) is 2.59. The summed E-state index contributed by atoms with van der Waals surface area (Å²) in [7, 11) is 0. The Hall–Kier alpha value is -1.17. The van der Waals surface area contributed by atoms with Crippen LogP contribution < -0.4 is 5.73 Å². The van der Waals surface area contributed by atoms with Crippen molar-refractivity contribution in [2.75, 3.05) is 13.1 Å². The molecule has 0 radical (unpaired) electrons. The first-order valence-electron chi connectivity index (χ1n) is 6.39. The molecule has 2 rings (SSSR count). The molecule has 0 saturated carbocycles. The number of hydrogen-bond donors (Lipinski definition) is 1. The van der Waals surface area contributed by atoms with Gasteiger partial charge in [-0.1, -0.05) is 25.6 Å². The molecule has 19 heavy (non-hydrogen) atoms. The second-order valence-corrected chi connectivity index (χ2v) is 7.10. The molecule has 1 atom stereocenters. The van der Waals surface area contributed by atoms with Gasteiger partial charge in [0, 0.05) is 18.5 Å². The summed E-state index contributed by atoms with van der Waals surface area (Å²) in [6.45, 7) is 9.01. The summed E-state index contributed by atoms with van der Waals surface area (Å²) in [6.07, 6.45) is -0.149. The van der Waals surface area contributed by atoms with Crippen LogP contribution >= 0.6 is 11.8 Å². The van der Waals surface area contributed by atoms with Crippen LogP contribution in [0.1, 0.15) is 27.7 Å². The zero-order valence-corrected chi connectivity index (χ0v) is 12.5. The number of esters is 1. The van der Waals surface area contributed by atoms with Crippen molar-refractivity contribution in [1.29, 1.82) is 0 Å². The van der Waals surface area contributed by atoms with E-state index in [-0.39, 0.29) is 28.6 Å². The lowest BCUT2D eigenvalue weighted by Crippen LogP contribution is -2.33. The maximum atomic E-state index is 12.3. The van der Waals surface area contributed by atoms with Crippen molar-refractivity contribution in [1.82, 2.24) is 4.90 Å². The molecule has 1 fully saturated rings. The first-order valence-corrected chi connectivity index (χ1v) is 7.27. The number of nitrogens with zero attached hydrogens (tertiary/aromatic N) is 1. The van der Waals surface area contributed by atoms with E-state index in [1.165, 1.54) is 11.8 Å². The van der Waals surface area contributed by atoms with Gasteiger partial charge in [0.05, 0.1) is 16.7 Å². The minimum Gasteiger partial charge on any atom is -0.460 e. The highest BCUT2D eigenvalue weighted by Crippen LogP contribution is 2.48. The number of amides is 1. The topological polar surface area (TPSA) is 72.6 Å². The number of nitrogens with two attached hydrogens (primary N) is 1. The second kappa shape index (κ2) is 4.74. The van der Waals surface area contributed by atoms with Crippen LogP contribution in [0.25, 0.3) is 0 Å². The molecule has 2 aliphatic rings. The van der Waals surface area contributed by atoms with Crippen molar-refractivity contribution in [2.24, 2.45) is 11.1 Å². The smallest absolute Gasteiger partial charge is 0.337 e. The molecule has 106 valence electrons. The maximum absolute atomic E-state index is 12.3. The zero-order valence-electron chi connectivity index (χ0n) is 11.7. The number of primary amides is 1. The van der Waals surface area contributed by atoms with Crippen molar-refractivity contribution in [3.05, 3.63) is 10.6 Å². The molecular formula is C13H20N2O3S. The van der Waals surface area contributed by atoms with Crippen LogP contribution in [0, 0.1) is 5.41 Å². The van der Waals surface area contributed by atoms with Gasteiger partial charge in [0.25, 0.3) is 0 Å². The average Bonchev–Trinajstić information content (AvgIpc) is 2.68. The number of carbonyl (C=O) groups is 2. The number of ether oxygens (including phenoxy) is 1. The monoisotopic (exact) mass is 284 g/mol. The number of carbonyl (C=O) groups excluding carboxylic acids is 2. The van der Waals surface area contributed by atoms with Crippen molar-refractivity contribution in [3.8, 4) is 0 Å². The van der Waals surface area contributed by atoms with Gasteiger partial charge in [-0.3, -0.25) is 4.79 Å². The van der Waals surface area contributed by atoms with E-state index in [4.69, 9.17) is 10.5 Å². The third-order valence-electron chi connectivity index (χ3n) is 3.27. The molecule has 1 saturated heterocycles. The summed E-state index contributed by atoms with van der Waals surface area (Å²) >= 11 is 1.39. The lowest BCUT2D eigenvalue weighted by Gasteiger charge is -2.23. The third-order valence-corrected chi connectivity index (χ3v) is 4.62. The number of rotatable bonds is 3.